The molecule has 0 saturated carbocycles. The Balaban J connectivity index is 0. The first kappa shape index (κ1) is 9.91. The third-order valence-corrected chi connectivity index (χ3v) is 0.175. The first-order valence-electron chi connectivity index (χ1n) is 1.12. The number of aliphatic carboxylic acids is 1. The first-order valence-corrected chi connectivity index (χ1v) is 1.12. The summed E-state index contributed by atoms with van der Waals surface area (Å²) in [4.78, 5) is 9.25. The van der Waals surface area contributed by atoms with Crippen molar-refractivity contribution in [3.05, 3.63) is 12.7 Å². The molecule has 0 spiro atoms. The number of rotatable bonds is 1. The van der Waals surface area contributed by atoms with Crippen LogP contribution in [0, 0.1) is 0 Å². The van der Waals surface area contributed by atoms with Gasteiger partial charge in [0.05, 0.1) is 0 Å². The number of carbonyl (C=O) groups is 1. The van der Waals surface area contributed by atoms with Crippen molar-refractivity contribution in [1.82, 2.24) is 0 Å². The summed E-state index contributed by atoms with van der Waals surface area (Å²) in [7, 11) is 0. The summed E-state index contributed by atoms with van der Waals surface area (Å²) in [6.45, 7) is 2.96. The molecule has 0 aliphatic heterocycles. The second-order valence-electron chi connectivity index (χ2n) is 0.542. The van der Waals surface area contributed by atoms with Crippen molar-refractivity contribution in [2.45, 2.75) is 0 Å². The summed E-state index contributed by atoms with van der Waals surface area (Å²) >= 11 is 0. The molecule has 2 nitrogen and oxygen atoms in total. The minimum atomic E-state index is -0.981. The van der Waals surface area contributed by atoms with Crippen LogP contribution in [0.4, 0.5) is 0 Å². The van der Waals surface area contributed by atoms with Gasteiger partial charge in [-0.15, -0.1) is 0 Å². The Morgan fingerprint density at radius 2 is 2.00 bits per heavy atom. The number of hydrogen-bond donors (Lipinski definition) is 1. The number of carboxylic acids is 1. The van der Waals surface area contributed by atoms with E-state index in [1.54, 1.807) is 0 Å². The molecule has 0 aromatic rings. The van der Waals surface area contributed by atoms with Gasteiger partial charge >= 0.3 is 5.97 Å². The van der Waals surface area contributed by atoms with Gasteiger partial charge in [-0.2, -0.15) is 0 Å². The van der Waals surface area contributed by atoms with E-state index < -0.39 is 5.97 Å². The molecule has 0 aliphatic carbocycles. The molecular weight excluding hydrogens is 205 g/mol. The van der Waals surface area contributed by atoms with E-state index >= 15 is 0 Å². The Morgan fingerprint density at radius 1 is 1.83 bits per heavy atom. The third-order valence-electron chi connectivity index (χ3n) is 0.175. The van der Waals surface area contributed by atoms with Crippen LogP contribution in [0.5, 0.6) is 0 Å². The van der Waals surface area contributed by atoms with Crippen molar-refractivity contribution in [1.29, 1.82) is 0 Å². The Hall–Kier alpha value is 0.781. The Morgan fingerprint density at radius 3 is 2.00 bits per heavy atom. The summed E-state index contributed by atoms with van der Waals surface area (Å²) in [6, 6.07) is 0. The molecule has 0 aliphatic rings. The maximum atomic E-state index is 9.25. The monoisotopic (exact) mass is 210 g/mol. The van der Waals surface area contributed by atoms with E-state index in [0.717, 1.165) is 6.08 Å². The van der Waals surface area contributed by atoms with E-state index in [-0.39, 0.29) is 48.9 Å². The van der Waals surface area contributed by atoms with Crippen molar-refractivity contribution in [3.8, 4) is 0 Å². The van der Waals surface area contributed by atoms with E-state index in [1.165, 1.54) is 0 Å². The van der Waals surface area contributed by atoms with Gasteiger partial charge in [-0.3, -0.25) is 0 Å². The van der Waals surface area contributed by atoms with E-state index in [0.29, 0.717) is 0 Å². The maximum absolute atomic E-state index is 9.25. The van der Waals surface area contributed by atoms with Crippen LogP contribution in [0.25, 0.3) is 0 Å². The summed E-state index contributed by atoms with van der Waals surface area (Å²) in [6.07, 6.45) is 0.833. The summed E-state index contributed by atoms with van der Waals surface area (Å²) in [5.74, 6) is -0.981. The van der Waals surface area contributed by atoms with Crippen LogP contribution in [0.15, 0.2) is 12.7 Å². The fraction of sp³-hybridized carbons (Fsp3) is 0. The Bertz CT molecular complexity index is 59.8. The van der Waals surface area contributed by atoms with Crippen LogP contribution < -0.4 is 0 Å². The van der Waals surface area contributed by atoms with Gasteiger partial charge in [0.25, 0.3) is 0 Å². The quantitative estimate of drug-likeness (QED) is 0.483. The van der Waals surface area contributed by atoms with Crippen LogP contribution >= 0.6 is 0 Å². The van der Waals surface area contributed by atoms with Crippen molar-refractivity contribution < 1.29 is 9.90 Å². The molecule has 3 heteroatoms. The standard InChI is InChI=1S/C3H4O2.Ba/c1-2-3(4)5;/h2H,1H2,(H,4,5);. The van der Waals surface area contributed by atoms with Gasteiger partial charge in [-0.25, -0.2) is 4.79 Å². The van der Waals surface area contributed by atoms with Crippen LogP contribution in [-0.4, -0.2) is 60.0 Å². The fourth-order valence-electron chi connectivity index (χ4n) is 0. The van der Waals surface area contributed by atoms with Gasteiger partial charge in [-0.1, -0.05) is 6.58 Å². The molecule has 2 radical (unpaired) electrons. The van der Waals surface area contributed by atoms with Crippen LogP contribution in [0.1, 0.15) is 0 Å². The van der Waals surface area contributed by atoms with Gasteiger partial charge in [0.1, 0.15) is 0 Å². The molecule has 0 aromatic heterocycles. The Labute approximate surface area is 76.3 Å². The molecule has 6 heavy (non-hydrogen) atoms. The zero-order chi connectivity index (χ0) is 4.28. The molecule has 0 bridgehead atoms. The van der Waals surface area contributed by atoms with Gasteiger partial charge < -0.3 is 5.11 Å². The minimum absolute atomic E-state index is 0. The minimum Gasteiger partial charge on any atom is -0.478 e. The van der Waals surface area contributed by atoms with E-state index in [1.807, 2.05) is 0 Å². The molecule has 0 amide bonds. The molecule has 1 N–H and O–H groups in total. The van der Waals surface area contributed by atoms with Gasteiger partial charge in [0.2, 0.25) is 0 Å². The van der Waals surface area contributed by atoms with E-state index in [9.17, 15) is 4.79 Å². The van der Waals surface area contributed by atoms with Crippen molar-refractivity contribution in [3.63, 3.8) is 0 Å². The molecule has 0 heterocycles. The molecule has 0 atom stereocenters. The maximum Gasteiger partial charge on any atom is 0.327 e. The number of hydrogen-bond acceptors (Lipinski definition) is 1. The van der Waals surface area contributed by atoms with Crippen molar-refractivity contribution in [2.75, 3.05) is 0 Å². The zero-order valence-electron chi connectivity index (χ0n) is 3.35. The topological polar surface area (TPSA) is 37.3 Å². The molecule has 0 aromatic carbocycles. The normalized spacial score (nSPS) is 5.33. The van der Waals surface area contributed by atoms with Crippen LogP contribution in [0.2, 0.25) is 0 Å². The molecule has 30 valence electrons. The van der Waals surface area contributed by atoms with Gasteiger partial charge in [-0.05, 0) is 0 Å². The van der Waals surface area contributed by atoms with Gasteiger partial charge in [0, 0.05) is 55.0 Å². The predicted molar refractivity (Wildman–Crippen MR) is 23.6 cm³/mol. The zero-order valence-corrected chi connectivity index (χ0v) is 7.79. The van der Waals surface area contributed by atoms with Crippen molar-refractivity contribution >= 4 is 54.9 Å². The second-order valence-corrected chi connectivity index (χ2v) is 0.542. The molecule has 0 fully saturated rings. The summed E-state index contributed by atoms with van der Waals surface area (Å²) in [5, 5.41) is 7.60. The molecular formula is C3H4BaO2. The average molecular weight is 209 g/mol. The largest absolute Gasteiger partial charge is 0.478 e. The predicted octanol–water partition coefficient (Wildman–Crippen LogP) is -0.124. The van der Waals surface area contributed by atoms with Crippen molar-refractivity contribution in [2.24, 2.45) is 0 Å². The molecule has 0 saturated heterocycles. The van der Waals surface area contributed by atoms with E-state index in [2.05, 4.69) is 6.58 Å². The van der Waals surface area contributed by atoms with Gasteiger partial charge in [0.15, 0.2) is 0 Å². The smallest absolute Gasteiger partial charge is 0.327 e. The third kappa shape index (κ3) is 8.84. The van der Waals surface area contributed by atoms with Crippen LogP contribution in [0.3, 0.4) is 0 Å². The number of carboxylic acid groups (broad SMARTS) is 1. The second kappa shape index (κ2) is 5.78. The summed E-state index contributed by atoms with van der Waals surface area (Å²) in [5.41, 5.74) is 0. The molecule has 0 unspecified atom stereocenters. The average Bonchev–Trinajstić information content (AvgIpc) is 1.38. The Kier molecular flexibility index (Phi) is 9.55. The first-order chi connectivity index (χ1) is 2.27. The molecule has 0 rings (SSSR count). The summed E-state index contributed by atoms with van der Waals surface area (Å²) < 4.78 is 0. The SMILES string of the molecule is C=CC(=O)O.[Ba]. The van der Waals surface area contributed by atoms with Crippen LogP contribution in [-0.2, 0) is 4.79 Å². The fourth-order valence-corrected chi connectivity index (χ4v) is 0. The van der Waals surface area contributed by atoms with E-state index in [4.69, 9.17) is 5.11 Å².